The zero-order valence-corrected chi connectivity index (χ0v) is 12.8. The fourth-order valence-corrected chi connectivity index (χ4v) is 4.29. The van der Waals surface area contributed by atoms with Crippen LogP contribution in [0.2, 0.25) is 0 Å². The highest BCUT2D eigenvalue weighted by atomic mass is 32.2. The third kappa shape index (κ3) is 3.42. The molecule has 0 amide bonds. The summed E-state index contributed by atoms with van der Waals surface area (Å²) in [5.41, 5.74) is 3.12. The molecule has 1 aromatic heterocycles. The topological polar surface area (TPSA) is 51.2 Å². The largest absolute Gasteiger partial charge is 0.456 e. The molecule has 1 aliphatic rings. The highest BCUT2D eigenvalue weighted by molar-refractivity contribution is 7.99. The van der Waals surface area contributed by atoms with Crippen molar-refractivity contribution >= 4 is 22.7 Å². The number of nitrogens with two attached hydrogens (primary N) is 1. The summed E-state index contributed by atoms with van der Waals surface area (Å²) < 4.78 is 19.4. The standard InChI is InChI=1S/C16H21FN2OS/c17-13-8-4-5-11-9-15(20-16(11)13)14(19-18)10-21-12-6-2-1-3-7-12/h4-5,8-9,12,14,19H,1-3,6-7,10,18H2. The monoisotopic (exact) mass is 308 g/mol. The van der Waals surface area contributed by atoms with Gasteiger partial charge < -0.3 is 4.42 Å². The Labute approximate surface area is 128 Å². The predicted octanol–water partition coefficient (Wildman–Crippen LogP) is 4.14. The number of thioether (sulfide) groups is 1. The SMILES string of the molecule is NNC(CSC1CCCCC1)c1cc2cccc(F)c2o1. The van der Waals surface area contributed by atoms with E-state index in [0.717, 1.165) is 16.4 Å². The molecule has 1 saturated carbocycles. The number of fused-ring (bicyclic) bond motifs is 1. The molecular formula is C16H21FN2OS. The Hall–Kier alpha value is -1.04. The predicted molar refractivity (Wildman–Crippen MR) is 85.6 cm³/mol. The van der Waals surface area contributed by atoms with Crippen LogP contribution in [0.15, 0.2) is 28.7 Å². The maximum absolute atomic E-state index is 13.7. The zero-order valence-electron chi connectivity index (χ0n) is 12.0. The molecule has 1 aliphatic carbocycles. The van der Waals surface area contributed by atoms with E-state index in [1.807, 2.05) is 23.9 Å². The van der Waals surface area contributed by atoms with E-state index >= 15 is 0 Å². The molecular weight excluding hydrogens is 287 g/mol. The van der Waals surface area contributed by atoms with Crippen molar-refractivity contribution in [2.45, 2.75) is 43.4 Å². The molecule has 0 saturated heterocycles. The molecule has 3 nitrogen and oxygen atoms in total. The van der Waals surface area contributed by atoms with Crippen LogP contribution >= 0.6 is 11.8 Å². The van der Waals surface area contributed by atoms with Crippen molar-refractivity contribution in [3.8, 4) is 0 Å². The van der Waals surface area contributed by atoms with Gasteiger partial charge in [0.25, 0.3) is 0 Å². The number of para-hydroxylation sites is 1. The van der Waals surface area contributed by atoms with Crippen LogP contribution in [-0.4, -0.2) is 11.0 Å². The molecule has 3 N–H and O–H groups in total. The minimum Gasteiger partial charge on any atom is -0.456 e. The van der Waals surface area contributed by atoms with Crippen molar-refractivity contribution in [2.24, 2.45) is 5.84 Å². The number of halogens is 1. The van der Waals surface area contributed by atoms with Crippen LogP contribution in [0, 0.1) is 5.82 Å². The summed E-state index contributed by atoms with van der Waals surface area (Å²) in [5, 5.41) is 1.50. The van der Waals surface area contributed by atoms with Crippen molar-refractivity contribution in [3.63, 3.8) is 0 Å². The van der Waals surface area contributed by atoms with Crippen LogP contribution in [0.25, 0.3) is 11.0 Å². The van der Waals surface area contributed by atoms with Crippen molar-refractivity contribution in [2.75, 3.05) is 5.75 Å². The lowest BCUT2D eigenvalue weighted by Gasteiger charge is -2.23. The van der Waals surface area contributed by atoms with E-state index in [4.69, 9.17) is 10.3 Å². The lowest BCUT2D eigenvalue weighted by Crippen LogP contribution is -2.30. The molecule has 0 radical (unpaired) electrons. The van der Waals surface area contributed by atoms with Gasteiger partial charge in [-0.05, 0) is 25.0 Å². The lowest BCUT2D eigenvalue weighted by molar-refractivity contribution is 0.452. The quantitative estimate of drug-likeness (QED) is 0.644. The van der Waals surface area contributed by atoms with Gasteiger partial charge in [0, 0.05) is 16.4 Å². The van der Waals surface area contributed by atoms with E-state index in [0.29, 0.717) is 11.3 Å². The van der Waals surface area contributed by atoms with Crippen LogP contribution in [0.4, 0.5) is 4.39 Å². The molecule has 1 unspecified atom stereocenters. The van der Waals surface area contributed by atoms with E-state index in [1.165, 1.54) is 38.2 Å². The Bertz CT molecular complexity index is 595. The van der Waals surface area contributed by atoms with E-state index in [1.54, 1.807) is 6.07 Å². The van der Waals surface area contributed by atoms with Gasteiger partial charge in [-0.15, -0.1) is 0 Å². The second-order valence-corrected chi connectivity index (χ2v) is 6.95. The fourth-order valence-electron chi connectivity index (χ4n) is 2.90. The summed E-state index contributed by atoms with van der Waals surface area (Å²) in [5.74, 6) is 6.90. The van der Waals surface area contributed by atoms with Crippen LogP contribution in [0.5, 0.6) is 0 Å². The average molecular weight is 308 g/mol. The number of rotatable bonds is 5. The molecule has 0 aliphatic heterocycles. The van der Waals surface area contributed by atoms with Crippen molar-refractivity contribution < 1.29 is 8.81 Å². The first kappa shape index (κ1) is 14.9. The minimum absolute atomic E-state index is 0.0799. The Balaban J connectivity index is 1.70. The van der Waals surface area contributed by atoms with Gasteiger partial charge in [-0.2, -0.15) is 11.8 Å². The van der Waals surface area contributed by atoms with Gasteiger partial charge in [-0.25, -0.2) is 9.82 Å². The van der Waals surface area contributed by atoms with Crippen molar-refractivity contribution in [1.82, 2.24) is 5.43 Å². The number of hydrogen-bond donors (Lipinski definition) is 2. The van der Waals surface area contributed by atoms with Gasteiger partial charge in [-0.3, -0.25) is 5.84 Å². The van der Waals surface area contributed by atoms with Gasteiger partial charge >= 0.3 is 0 Å². The lowest BCUT2D eigenvalue weighted by atomic mass is 10.0. The molecule has 1 atom stereocenters. The summed E-state index contributed by atoms with van der Waals surface area (Å²) in [6, 6.07) is 6.76. The van der Waals surface area contributed by atoms with Crippen molar-refractivity contribution in [3.05, 3.63) is 35.8 Å². The van der Waals surface area contributed by atoms with Gasteiger partial charge in [-0.1, -0.05) is 31.4 Å². The first-order valence-corrected chi connectivity index (χ1v) is 8.58. The summed E-state index contributed by atoms with van der Waals surface area (Å²) in [4.78, 5) is 0. The molecule has 2 aromatic rings. The highest BCUT2D eigenvalue weighted by Crippen LogP contribution is 2.32. The number of furan rings is 1. The van der Waals surface area contributed by atoms with Gasteiger partial charge in [0.15, 0.2) is 11.4 Å². The highest BCUT2D eigenvalue weighted by Gasteiger charge is 2.20. The Morgan fingerprint density at radius 2 is 2.14 bits per heavy atom. The van der Waals surface area contributed by atoms with E-state index in [9.17, 15) is 4.39 Å². The van der Waals surface area contributed by atoms with E-state index in [-0.39, 0.29) is 11.9 Å². The molecule has 21 heavy (non-hydrogen) atoms. The molecule has 1 heterocycles. The maximum Gasteiger partial charge on any atom is 0.169 e. The molecule has 1 fully saturated rings. The summed E-state index contributed by atoms with van der Waals surface area (Å²) in [6.07, 6.45) is 6.59. The third-order valence-corrected chi connectivity index (χ3v) is 5.58. The third-order valence-electron chi connectivity index (χ3n) is 4.11. The van der Waals surface area contributed by atoms with Crippen LogP contribution < -0.4 is 11.3 Å². The van der Waals surface area contributed by atoms with Crippen LogP contribution in [0.1, 0.15) is 43.9 Å². The number of hydrazine groups is 1. The van der Waals surface area contributed by atoms with Crippen molar-refractivity contribution in [1.29, 1.82) is 0 Å². The molecule has 0 spiro atoms. The molecule has 0 bridgehead atoms. The molecule has 5 heteroatoms. The second-order valence-electron chi connectivity index (χ2n) is 5.62. The number of benzene rings is 1. The van der Waals surface area contributed by atoms with Crippen LogP contribution in [-0.2, 0) is 0 Å². The normalized spacial score (nSPS) is 18.2. The Morgan fingerprint density at radius 3 is 2.86 bits per heavy atom. The van der Waals surface area contributed by atoms with Gasteiger partial charge in [0.2, 0.25) is 0 Å². The Morgan fingerprint density at radius 1 is 1.33 bits per heavy atom. The average Bonchev–Trinajstić information content (AvgIpc) is 2.94. The Kier molecular flexibility index (Phi) is 4.83. The summed E-state index contributed by atoms with van der Waals surface area (Å²) in [6.45, 7) is 0. The maximum atomic E-state index is 13.7. The zero-order chi connectivity index (χ0) is 14.7. The van der Waals surface area contributed by atoms with Gasteiger partial charge in [0.1, 0.15) is 5.76 Å². The first-order valence-electron chi connectivity index (χ1n) is 7.53. The summed E-state index contributed by atoms with van der Waals surface area (Å²) >= 11 is 1.94. The van der Waals surface area contributed by atoms with Crippen LogP contribution in [0.3, 0.4) is 0 Å². The number of hydrogen-bond acceptors (Lipinski definition) is 4. The molecule has 114 valence electrons. The van der Waals surface area contributed by atoms with E-state index in [2.05, 4.69) is 5.43 Å². The summed E-state index contributed by atoms with van der Waals surface area (Å²) in [7, 11) is 0. The fraction of sp³-hybridized carbons (Fsp3) is 0.500. The second kappa shape index (κ2) is 6.81. The molecule has 3 rings (SSSR count). The smallest absolute Gasteiger partial charge is 0.169 e. The van der Waals surface area contributed by atoms with Gasteiger partial charge in [0.05, 0.1) is 6.04 Å². The first-order chi connectivity index (χ1) is 10.3. The molecule has 1 aromatic carbocycles. The minimum atomic E-state index is -0.325. The van der Waals surface area contributed by atoms with E-state index < -0.39 is 0 Å². The number of nitrogens with one attached hydrogen (secondary N) is 1.